The van der Waals surface area contributed by atoms with Crippen LogP contribution in [0.5, 0.6) is 0 Å². The molecule has 7 nitrogen and oxygen atoms in total. The largest absolute Gasteiger partial charge is 0.350 e. The summed E-state index contributed by atoms with van der Waals surface area (Å²) in [6, 6.07) is -0.378. The molecular weight excluding hydrogens is 280 g/mol. The third-order valence-corrected chi connectivity index (χ3v) is 4.12. The monoisotopic (exact) mass is 300 g/mol. The van der Waals surface area contributed by atoms with Gasteiger partial charge in [-0.1, -0.05) is 0 Å². The minimum atomic E-state index is -0.378. The number of aromatic nitrogens is 4. The van der Waals surface area contributed by atoms with Crippen LogP contribution in [0.25, 0.3) is 0 Å². The predicted octanol–water partition coefficient (Wildman–Crippen LogP) is 0.505. The number of fused-ring (bicyclic) bond motifs is 1. The minimum Gasteiger partial charge on any atom is -0.350 e. The zero-order chi connectivity index (χ0) is 15.5. The van der Waals surface area contributed by atoms with Crippen molar-refractivity contribution in [3.63, 3.8) is 0 Å². The molecule has 3 heterocycles. The Labute approximate surface area is 129 Å². The molecule has 0 saturated carbocycles. The van der Waals surface area contributed by atoms with Crippen LogP contribution in [0.2, 0.25) is 0 Å². The minimum absolute atomic E-state index is 0.0727. The predicted molar refractivity (Wildman–Crippen MR) is 81.0 cm³/mol. The lowest BCUT2D eigenvalue weighted by Gasteiger charge is -2.22. The normalized spacial score (nSPS) is 15.2. The number of pyridine rings is 1. The molecule has 7 heteroatoms. The Balaban J connectivity index is 1.72. The third-order valence-electron chi connectivity index (χ3n) is 4.12. The summed E-state index contributed by atoms with van der Waals surface area (Å²) in [5.41, 5.74) is 4.66. The van der Waals surface area contributed by atoms with Crippen molar-refractivity contribution in [3.05, 3.63) is 41.2 Å². The fourth-order valence-corrected chi connectivity index (χ4v) is 2.74. The first kappa shape index (κ1) is 14.6. The number of amides is 1. The molecule has 1 amide bonds. The number of aryl methyl sites for hydroxylation is 1. The van der Waals surface area contributed by atoms with Crippen LogP contribution in [-0.2, 0) is 24.3 Å². The van der Waals surface area contributed by atoms with E-state index in [9.17, 15) is 4.79 Å². The van der Waals surface area contributed by atoms with Gasteiger partial charge in [0.2, 0.25) is 5.91 Å². The maximum Gasteiger partial charge on any atom is 0.244 e. The van der Waals surface area contributed by atoms with Crippen molar-refractivity contribution in [2.45, 2.75) is 39.4 Å². The fourth-order valence-electron chi connectivity index (χ4n) is 2.74. The molecule has 0 aromatic carbocycles. The molecule has 0 radical (unpaired) electrons. The van der Waals surface area contributed by atoms with E-state index in [4.69, 9.17) is 0 Å². The lowest BCUT2D eigenvalue weighted by molar-refractivity contribution is -0.124. The van der Waals surface area contributed by atoms with Crippen LogP contribution in [0.4, 0.5) is 0 Å². The highest BCUT2D eigenvalue weighted by Gasteiger charge is 2.19. The molecule has 1 aliphatic rings. The zero-order valence-electron chi connectivity index (χ0n) is 12.8. The van der Waals surface area contributed by atoms with Gasteiger partial charge in [-0.25, -0.2) is 9.67 Å². The van der Waals surface area contributed by atoms with Crippen molar-refractivity contribution in [1.82, 2.24) is 30.4 Å². The van der Waals surface area contributed by atoms with E-state index in [0.29, 0.717) is 6.54 Å². The van der Waals surface area contributed by atoms with Crippen LogP contribution >= 0.6 is 0 Å². The van der Waals surface area contributed by atoms with Gasteiger partial charge in [-0.2, -0.15) is 5.10 Å². The van der Waals surface area contributed by atoms with E-state index in [2.05, 4.69) is 25.7 Å². The highest BCUT2D eigenvalue weighted by Crippen LogP contribution is 2.20. The molecule has 1 atom stereocenters. The number of hydrogen-bond acceptors (Lipinski definition) is 5. The first-order chi connectivity index (χ1) is 10.7. The lowest BCUT2D eigenvalue weighted by Crippen LogP contribution is -2.32. The third kappa shape index (κ3) is 2.85. The van der Waals surface area contributed by atoms with E-state index in [1.165, 1.54) is 17.5 Å². The van der Waals surface area contributed by atoms with E-state index in [-0.39, 0.29) is 11.9 Å². The molecule has 0 bridgehead atoms. The van der Waals surface area contributed by atoms with Crippen molar-refractivity contribution in [3.8, 4) is 0 Å². The van der Waals surface area contributed by atoms with Gasteiger partial charge < -0.3 is 10.6 Å². The Morgan fingerprint density at radius 1 is 1.55 bits per heavy atom. The molecule has 0 aliphatic carbocycles. The van der Waals surface area contributed by atoms with Gasteiger partial charge in [-0.05, 0) is 43.5 Å². The topological polar surface area (TPSA) is 84.7 Å². The summed E-state index contributed by atoms with van der Waals surface area (Å²) in [6.45, 7) is 6.11. The number of nitrogens with one attached hydrogen (secondary N) is 2. The van der Waals surface area contributed by atoms with E-state index < -0.39 is 0 Å². The molecule has 1 aliphatic heterocycles. The summed E-state index contributed by atoms with van der Waals surface area (Å²) in [7, 11) is 0. The molecule has 22 heavy (non-hydrogen) atoms. The van der Waals surface area contributed by atoms with Gasteiger partial charge in [0, 0.05) is 25.0 Å². The Bertz CT molecular complexity index is 667. The van der Waals surface area contributed by atoms with Crippen molar-refractivity contribution >= 4 is 5.91 Å². The SMILES string of the molecule is Cc1ncc2c(c1CNC(=O)C(C)n1cncn1)CCNC2. The maximum absolute atomic E-state index is 12.3. The molecule has 0 fully saturated rings. The molecule has 2 N–H and O–H groups in total. The molecule has 2 aromatic rings. The van der Waals surface area contributed by atoms with Crippen LogP contribution in [0.15, 0.2) is 18.9 Å². The van der Waals surface area contributed by atoms with Gasteiger partial charge in [0.05, 0.1) is 0 Å². The van der Waals surface area contributed by atoms with E-state index in [1.807, 2.05) is 13.1 Å². The molecule has 116 valence electrons. The van der Waals surface area contributed by atoms with Crippen LogP contribution in [0, 0.1) is 6.92 Å². The van der Waals surface area contributed by atoms with E-state index >= 15 is 0 Å². The van der Waals surface area contributed by atoms with Crippen LogP contribution in [0.3, 0.4) is 0 Å². The molecule has 2 aromatic heterocycles. The summed E-state index contributed by atoms with van der Waals surface area (Å²) >= 11 is 0. The Morgan fingerprint density at radius 3 is 3.18 bits per heavy atom. The maximum atomic E-state index is 12.3. The number of carbonyl (C=O) groups is 1. The number of hydrogen-bond donors (Lipinski definition) is 2. The van der Waals surface area contributed by atoms with Gasteiger partial charge in [-0.3, -0.25) is 9.78 Å². The zero-order valence-corrected chi connectivity index (χ0v) is 12.8. The first-order valence-corrected chi connectivity index (χ1v) is 7.45. The summed E-state index contributed by atoms with van der Waals surface area (Å²) in [6.07, 6.45) is 5.88. The average molecular weight is 300 g/mol. The summed E-state index contributed by atoms with van der Waals surface area (Å²) < 4.78 is 1.55. The second kappa shape index (κ2) is 6.23. The van der Waals surface area contributed by atoms with E-state index in [0.717, 1.165) is 30.8 Å². The summed E-state index contributed by atoms with van der Waals surface area (Å²) in [4.78, 5) is 20.6. The van der Waals surface area contributed by atoms with Crippen LogP contribution in [0.1, 0.15) is 35.3 Å². The van der Waals surface area contributed by atoms with Gasteiger partial charge >= 0.3 is 0 Å². The van der Waals surface area contributed by atoms with Crippen molar-refractivity contribution in [2.24, 2.45) is 0 Å². The van der Waals surface area contributed by atoms with Crippen molar-refractivity contribution in [1.29, 1.82) is 0 Å². The molecule has 0 spiro atoms. The van der Waals surface area contributed by atoms with E-state index in [1.54, 1.807) is 17.9 Å². The van der Waals surface area contributed by atoms with Gasteiger partial charge in [0.1, 0.15) is 18.7 Å². The molecule has 1 unspecified atom stereocenters. The summed E-state index contributed by atoms with van der Waals surface area (Å²) in [5, 5.41) is 10.3. The molecular formula is C15H20N6O. The average Bonchev–Trinajstić information content (AvgIpc) is 3.07. The highest BCUT2D eigenvalue weighted by molar-refractivity contribution is 5.79. The highest BCUT2D eigenvalue weighted by atomic mass is 16.2. The number of carbonyl (C=O) groups excluding carboxylic acids is 1. The first-order valence-electron chi connectivity index (χ1n) is 7.45. The van der Waals surface area contributed by atoms with Gasteiger partial charge in [0.15, 0.2) is 0 Å². The second-order valence-corrected chi connectivity index (χ2v) is 5.52. The standard InChI is InChI=1S/C15H20N6O/c1-10-14(13-3-4-16-5-12(13)6-18-10)7-19-15(22)11(2)21-9-17-8-20-21/h6,8-9,11,16H,3-5,7H2,1-2H3,(H,19,22). The summed E-state index contributed by atoms with van der Waals surface area (Å²) in [5.74, 6) is -0.0727. The molecule has 3 rings (SSSR count). The van der Waals surface area contributed by atoms with Gasteiger partial charge in [0.25, 0.3) is 0 Å². The Kier molecular flexibility index (Phi) is 4.15. The smallest absolute Gasteiger partial charge is 0.244 e. The van der Waals surface area contributed by atoms with Crippen LogP contribution < -0.4 is 10.6 Å². The Morgan fingerprint density at radius 2 is 2.41 bits per heavy atom. The van der Waals surface area contributed by atoms with Gasteiger partial charge in [-0.15, -0.1) is 0 Å². The Hall–Kier alpha value is -2.28. The second-order valence-electron chi connectivity index (χ2n) is 5.52. The quantitative estimate of drug-likeness (QED) is 0.859. The van der Waals surface area contributed by atoms with Crippen LogP contribution in [-0.4, -0.2) is 32.2 Å². The van der Waals surface area contributed by atoms with Crippen molar-refractivity contribution in [2.75, 3.05) is 6.54 Å². The number of nitrogens with zero attached hydrogens (tertiary/aromatic N) is 4. The van der Waals surface area contributed by atoms with Crippen molar-refractivity contribution < 1.29 is 4.79 Å². The fraction of sp³-hybridized carbons (Fsp3) is 0.467. The lowest BCUT2D eigenvalue weighted by atomic mass is 9.96. The number of rotatable bonds is 4. The molecule has 0 saturated heterocycles.